The number of oxime groups is 1. The number of unbranched alkanes of at least 4 members (excludes halogenated alkanes) is 2. The SMILES string of the molecule is CCO/N=C/c1ccc(OCCCCCN2CCN(c3ccncc3)C2=O)c(OC)c1. The van der Waals surface area contributed by atoms with Gasteiger partial charge in [-0.15, -0.1) is 0 Å². The molecule has 1 fully saturated rings. The van der Waals surface area contributed by atoms with Crippen LogP contribution >= 0.6 is 0 Å². The van der Waals surface area contributed by atoms with Crippen LogP contribution in [0.25, 0.3) is 0 Å². The number of hydrogen-bond acceptors (Lipinski definition) is 6. The molecule has 0 unspecified atom stereocenters. The van der Waals surface area contributed by atoms with Crippen LogP contribution in [-0.4, -0.2) is 62.1 Å². The van der Waals surface area contributed by atoms with Crippen LogP contribution in [0.4, 0.5) is 10.5 Å². The summed E-state index contributed by atoms with van der Waals surface area (Å²) in [5, 5.41) is 3.87. The van der Waals surface area contributed by atoms with Crippen molar-refractivity contribution in [1.29, 1.82) is 0 Å². The summed E-state index contributed by atoms with van der Waals surface area (Å²) in [6.07, 6.45) is 7.91. The van der Waals surface area contributed by atoms with E-state index in [0.29, 0.717) is 24.7 Å². The summed E-state index contributed by atoms with van der Waals surface area (Å²) in [6, 6.07) is 9.46. The molecule has 2 amide bonds. The van der Waals surface area contributed by atoms with E-state index in [0.717, 1.165) is 50.1 Å². The molecular weight excluding hydrogens is 396 g/mol. The van der Waals surface area contributed by atoms with E-state index >= 15 is 0 Å². The Bertz CT molecular complexity index is 860. The Balaban J connectivity index is 1.36. The standard InChI is InChI=1S/C23H30N4O4/c1-3-31-25-18-19-7-8-21(22(17-19)29-2)30-16-6-4-5-13-26-14-15-27(23(26)28)20-9-11-24-12-10-20/h7-12,17-18H,3-6,13-16H2,1-2H3/b25-18+. The van der Waals surface area contributed by atoms with Crippen molar-refractivity contribution in [3.8, 4) is 11.5 Å². The number of nitrogens with zero attached hydrogens (tertiary/aromatic N) is 4. The van der Waals surface area contributed by atoms with E-state index in [1.165, 1.54) is 0 Å². The van der Waals surface area contributed by atoms with Gasteiger partial charge in [-0.2, -0.15) is 0 Å². The minimum absolute atomic E-state index is 0.0696. The van der Waals surface area contributed by atoms with Gasteiger partial charge in [0, 0.05) is 43.3 Å². The monoisotopic (exact) mass is 426 g/mol. The average molecular weight is 427 g/mol. The second-order valence-electron chi connectivity index (χ2n) is 7.10. The van der Waals surface area contributed by atoms with Gasteiger partial charge in [-0.25, -0.2) is 4.79 Å². The molecule has 1 aliphatic heterocycles. The van der Waals surface area contributed by atoms with Gasteiger partial charge in [-0.05, 0) is 56.5 Å². The molecule has 31 heavy (non-hydrogen) atoms. The number of pyridine rings is 1. The van der Waals surface area contributed by atoms with Crippen LogP contribution < -0.4 is 14.4 Å². The first kappa shape index (κ1) is 22.4. The fourth-order valence-corrected chi connectivity index (χ4v) is 3.37. The molecule has 0 N–H and O–H groups in total. The summed E-state index contributed by atoms with van der Waals surface area (Å²) in [5.41, 5.74) is 1.79. The topological polar surface area (TPSA) is 76.5 Å². The Labute approximate surface area is 183 Å². The van der Waals surface area contributed by atoms with Crippen molar-refractivity contribution in [2.45, 2.75) is 26.2 Å². The highest BCUT2D eigenvalue weighted by Gasteiger charge is 2.28. The molecule has 1 aliphatic rings. The summed E-state index contributed by atoms with van der Waals surface area (Å²) >= 11 is 0. The molecule has 1 aromatic carbocycles. The lowest BCUT2D eigenvalue weighted by Crippen LogP contribution is -2.32. The molecule has 2 aromatic rings. The number of amides is 2. The first-order valence-electron chi connectivity index (χ1n) is 10.7. The number of ether oxygens (including phenoxy) is 2. The van der Waals surface area contributed by atoms with E-state index < -0.39 is 0 Å². The van der Waals surface area contributed by atoms with E-state index in [-0.39, 0.29) is 6.03 Å². The first-order chi connectivity index (χ1) is 15.2. The average Bonchev–Trinajstić information content (AvgIpc) is 3.17. The molecule has 8 nitrogen and oxygen atoms in total. The summed E-state index contributed by atoms with van der Waals surface area (Å²) in [4.78, 5) is 25.3. The van der Waals surface area contributed by atoms with Gasteiger partial charge in [0.05, 0.1) is 19.9 Å². The molecule has 0 saturated carbocycles. The van der Waals surface area contributed by atoms with Crippen molar-refractivity contribution in [1.82, 2.24) is 9.88 Å². The van der Waals surface area contributed by atoms with Crippen LogP contribution in [0.15, 0.2) is 47.9 Å². The van der Waals surface area contributed by atoms with E-state index in [1.807, 2.05) is 42.2 Å². The molecule has 166 valence electrons. The van der Waals surface area contributed by atoms with Crippen molar-refractivity contribution in [3.63, 3.8) is 0 Å². The number of anilines is 1. The number of methoxy groups -OCH3 is 1. The number of carbonyl (C=O) groups is 1. The van der Waals surface area contributed by atoms with Gasteiger partial charge in [0.15, 0.2) is 11.5 Å². The molecule has 0 bridgehead atoms. The minimum atomic E-state index is 0.0696. The van der Waals surface area contributed by atoms with Gasteiger partial charge in [-0.1, -0.05) is 5.16 Å². The first-order valence-corrected chi connectivity index (χ1v) is 10.7. The van der Waals surface area contributed by atoms with Crippen molar-refractivity contribution >= 4 is 17.9 Å². The van der Waals surface area contributed by atoms with Gasteiger partial charge >= 0.3 is 6.03 Å². The predicted octanol–water partition coefficient (Wildman–Crippen LogP) is 3.95. The highest BCUT2D eigenvalue weighted by atomic mass is 16.6. The largest absolute Gasteiger partial charge is 0.493 e. The lowest BCUT2D eigenvalue weighted by atomic mass is 10.2. The highest BCUT2D eigenvalue weighted by molar-refractivity contribution is 5.94. The molecule has 8 heteroatoms. The Morgan fingerprint density at radius 2 is 1.94 bits per heavy atom. The zero-order chi connectivity index (χ0) is 21.9. The van der Waals surface area contributed by atoms with Crippen LogP contribution in [0.2, 0.25) is 0 Å². The van der Waals surface area contributed by atoms with E-state index in [2.05, 4.69) is 10.1 Å². The number of carbonyl (C=O) groups excluding carboxylic acids is 1. The Kier molecular flexibility index (Phi) is 8.51. The maximum atomic E-state index is 12.6. The third kappa shape index (κ3) is 6.34. The molecule has 0 atom stereocenters. The third-order valence-electron chi connectivity index (χ3n) is 4.99. The lowest BCUT2D eigenvalue weighted by molar-refractivity contribution is 0.160. The number of urea groups is 1. The second-order valence-corrected chi connectivity index (χ2v) is 7.10. The highest BCUT2D eigenvalue weighted by Crippen LogP contribution is 2.28. The van der Waals surface area contributed by atoms with Crippen molar-refractivity contribution in [2.24, 2.45) is 5.16 Å². The zero-order valence-electron chi connectivity index (χ0n) is 18.2. The molecule has 0 aliphatic carbocycles. The maximum Gasteiger partial charge on any atom is 0.324 e. The van der Waals surface area contributed by atoms with Crippen LogP contribution in [0.5, 0.6) is 11.5 Å². The van der Waals surface area contributed by atoms with Crippen LogP contribution in [-0.2, 0) is 4.84 Å². The van der Waals surface area contributed by atoms with Gasteiger partial charge in [-0.3, -0.25) is 9.88 Å². The molecule has 0 radical (unpaired) electrons. The van der Waals surface area contributed by atoms with E-state index in [1.54, 1.807) is 30.6 Å². The predicted molar refractivity (Wildman–Crippen MR) is 120 cm³/mol. The minimum Gasteiger partial charge on any atom is -0.493 e. The van der Waals surface area contributed by atoms with E-state index in [4.69, 9.17) is 14.3 Å². The Morgan fingerprint density at radius 1 is 1.10 bits per heavy atom. The summed E-state index contributed by atoms with van der Waals surface area (Å²) in [7, 11) is 1.62. The third-order valence-corrected chi connectivity index (χ3v) is 4.99. The number of hydrogen-bond donors (Lipinski definition) is 0. The van der Waals surface area contributed by atoms with Gasteiger partial charge in [0.2, 0.25) is 0 Å². The van der Waals surface area contributed by atoms with Crippen LogP contribution in [0.1, 0.15) is 31.7 Å². The summed E-state index contributed by atoms with van der Waals surface area (Å²) < 4.78 is 11.3. The number of aromatic nitrogens is 1. The van der Waals surface area contributed by atoms with Crippen molar-refractivity contribution in [3.05, 3.63) is 48.3 Å². The fourth-order valence-electron chi connectivity index (χ4n) is 3.37. The van der Waals surface area contributed by atoms with Gasteiger partial charge in [0.25, 0.3) is 0 Å². The zero-order valence-corrected chi connectivity index (χ0v) is 18.2. The van der Waals surface area contributed by atoms with Crippen molar-refractivity contribution in [2.75, 3.05) is 44.9 Å². The number of rotatable bonds is 12. The van der Waals surface area contributed by atoms with Crippen molar-refractivity contribution < 1.29 is 19.1 Å². The smallest absolute Gasteiger partial charge is 0.324 e. The van der Waals surface area contributed by atoms with Crippen LogP contribution in [0.3, 0.4) is 0 Å². The lowest BCUT2D eigenvalue weighted by Gasteiger charge is -2.18. The molecule has 1 aromatic heterocycles. The van der Waals surface area contributed by atoms with Crippen LogP contribution in [0, 0.1) is 0 Å². The molecule has 3 rings (SSSR count). The quantitative estimate of drug-likeness (QED) is 0.292. The second kappa shape index (κ2) is 11.8. The fraction of sp³-hybridized carbons (Fsp3) is 0.435. The van der Waals surface area contributed by atoms with Gasteiger partial charge < -0.3 is 19.2 Å². The normalized spacial score (nSPS) is 13.8. The Morgan fingerprint density at radius 3 is 2.71 bits per heavy atom. The maximum absolute atomic E-state index is 12.6. The van der Waals surface area contributed by atoms with Gasteiger partial charge in [0.1, 0.15) is 6.61 Å². The molecular formula is C23H30N4O4. The molecule has 1 saturated heterocycles. The van der Waals surface area contributed by atoms with E-state index in [9.17, 15) is 4.79 Å². The number of benzene rings is 1. The Hall–Kier alpha value is -3.29. The molecule has 2 heterocycles. The molecule has 0 spiro atoms. The summed E-state index contributed by atoms with van der Waals surface area (Å²) in [5.74, 6) is 1.37. The summed E-state index contributed by atoms with van der Waals surface area (Å²) in [6.45, 7) is 5.25.